The second kappa shape index (κ2) is 9.28. The van der Waals surface area contributed by atoms with Crippen LogP contribution in [0.3, 0.4) is 0 Å². The Kier molecular flexibility index (Phi) is 7.60. The van der Waals surface area contributed by atoms with Crippen molar-refractivity contribution in [2.24, 2.45) is 5.16 Å². The largest absolute Gasteiger partial charge is 0.490 e. The van der Waals surface area contributed by atoms with Gasteiger partial charge in [-0.1, -0.05) is 5.16 Å². The van der Waals surface area contributed by atoms with Crippen LogP contribution in [0.4, 0.5) is 4.39 Å². The van der Waals surface area contributed by atoms with Gasteiger partial charge in [0.15, 0.2) is 0 Å². The Morgan fingerprint density at radius 3 is 2.75 bits per heavy atom. The topological polar surface area (TPSA) is 60.3 Å². The lowest BCUT2D eigenvalue weighted by Gasteiger charge is -2.11. The normalized spacial score (nSPS) is 11.7. The number of nitrogens with zero attached hydrogens (tertiary/aromatic N) is 1. The van der Waals surface area contributed by atoms with Gasteiger partial charge in [0.25, 0.3) is 0 Å². The summed E-state index contributed by atoms with van der Waals surface area (Å²) in [5, 5.41) is 11.9. The zero-order valence-corrected chi connectivity index (χ0v) is 11.8. The summed E-state index contributed by atoms with van der Waals surface area (Å²) in [6.45, 7) is 3.55. The predicted molar refractivity (Wildman–Crippen MR) is 73.2 cm³/mol. The van der Waals surface area contributed by atoms with Gasteiger partial charge >= 0.3 is 0 Å². The fraction of sp³-hybridized carbons (Fsp3) is 0.500. The van der Waals surface area contributed by atoms with Crippen LogP contribution in [-0.4, -0.2) is 44.5 Å². The zero-order chi connectivity index (χ0) is 14.8. The molecule has 0 saturated carbocycles. The van der Waals surface area contributed by atoms with Crippen molar-refractivity contribution in [3.8, 4) is 5.75 Å². The molecule has 1 rings (SSSR count). The number of hydrogen-bond acceptors (Lipinski definition) is 5. The second-order valence-electron chi connectivity index (χ2n) is 4.13. The molecule has 20 heavy (non-hydrogen) atoms. The van der Waals surface area contributed by atoms with Crippen molar-refractivity contribution in [2.75, 3.05) is 33.5 Å². The van der Waals surface area contributed by atoms with Crippen LogP contribution in [0.5, 0.6) is 5.75 Å². The smallest absolute Gasteiger partial charge is 0.131 e. The van der Waals surface area contributed by atoms with Gasteiger partial charge in [-0.05, 0) is 25.5 Å². The fourth-order valence-electron chi connectivity index (χ4n) is 1.59. The van der Waals surface area contributed by atoms with Gasteiger partial charge in [0.1, 0.15) is 18.2 Å². The number of oxime groups is 1. The highest BCUT2D eigenvalue weighted by molar-refractivity contribution is 6.00. The molecule has 0 amide bonds. The first-order chi connectivity index (χ1) is 9.69. The third-order valence-electron chi connectivity index (χ3n) is 2.61. The van der Waals surface area contributed by atoms with Gasteiger partial charge in [-0.15, -0.1) is 0 Å². The van der Waals surface area contributed by atoms with Crippen molar-refractivity contribution in [2.45, 2.75) is 13.3 Å². The molecule has 1 aromatic carbocycles. The minimum atomic E-state index is -0.407. The van der Waals surface area contributed by atoms with Gasteiger partial charge in [-0.25, -0.2) is 4.39 Å². The maximum absolute atomic E-state index is 13.2. The van der Waals surface area contributed by atoms with E-state index in [-0.39, 0.29) is 0 Å². The van der Waals surface area contributed by atoms with Crippen molar-refractivity contribution in [3.05, 3.63) is 29.6 Å². The molecule has 0 spiro atoms. The van der Waals surface area contributed by atoms with Crippen LogP contribution in [0.2, 0.25) is 0 Å². The average molecular weight is 285 g/mol. The summed E-state index contributed by atoms with van der Waals surface area (Å²) < 4.78 is 28.9. The van der Waals surface area contributed by atoms with Crippen LogP contribution in [0, 0.1) is 5.82 Å². The van der Waals surface area contributed by atoms with E-state index in [2.05, 4.69) is 5.16 Å². The van der Waals surface area contributed by atoms with Crippen LogP contribution < -0.4 is 4.74 Å². The van der Waals surface area contributed by atoms with Gasteiger partial charge in [-0.2, -0.15) is 0 Å². The second-order valence-corrected chi connectivity index (χ2v) is 4.13. The summed E-state index contributed by atoms with van der Waals surface area (Å²) in [5.74, 6) is -0.0729. The van der Waals surface area contributed by atoms with Gasteiger partial charge in [0.05, 0.1) is 12.3 Å². The Hall–Kier alpha value is -1.66. The van der Waals surface area contributed by atoms with Crippen molar-refractivity contribution >= 4 is 5.71 Å². The Labute approximate surface area is 118 Å². The zero-order valence-electron chi connectivity index (χ0n) is 11.8. The molecular weight excluding hydrogens is 265 g/mol. The highest BCUT2D eigenvalue weighted by Crippen LogP contribution is 2.20. The predicted octanol–water partition coefficient (Wildman–Crippen LogP) is 2.46. The van der Waals surface area contributed by atoms with E-state index in [9.17, 15) is 4.39 Å². The molecule has 0 aliphatic carbocycles. The van der Waals surface area contributed by atoms with E-state index in [4.69, 9.17) is 19.4 Å². The molecule has 0 aliphatic rings. The molecule has 0 aliphatic heterocycles. The number of ether oxygens (including phenoxy) is 3. The number of rotatable bonds is 9. The molecule has 0 fully saturated rings. The summed E-state index contributed by atoms with van der Waals surface area (Å²) in [4.78, 5) is 0. The van der Waals surface area contributed by atoms with Crippen molar-refractivity contribution in [3.63, 3.8) is 0 Å². The SMILES string of the molecule is COCCCOCCOc1cc(F)ccc1/C(C)=N/O. The Morgan fingerprint density at radius 1 is 1.25 bits per heavy atom. The number of benzene rings is 1. The molecule has 0 radical (unpaired) electrons. The summed E-state index contributed by atoms with van der Waals surface area (Å²) in [6.07, 6.45) is 0.817. The summed E-state index contributed by atoms with van der Waals surface area (Å²) in [5.41, 5.74) is 0.911. The summed E-state index contributed by atoms with van der Waals surface area (Å²) in [7, 11) is 1.64. The monoisotopic (exact) mass is 285 g/mol. The third-order valence-corrected chi connectivity index (χ3v) is 2.61. The maximum atomic E-state index is 13.2. The molecule has 0 heterocycles. The van der Waals surface area contributed by atoms with Gasteiger partial charge in [0.2, 0.25) is 0 Å². The first-order valence-electron chi connectivity index (χ1n) is 6.37. The molecule has 1 aromatic rings. The first kappa shape index (κ1) is 16.4. The standard InChI is InChI=1S/C14H20FNO4/c1-11(16-17)13-5-4-12(15)10-14(13)20-9-8-19-7-3-6-18-2/h4-5,10,17H,3,6-9H2,1-2H3/b16-11+. The molecule has 6 heteroatoms. The summed E-state index contributed by atoms with van der Waals surface area (Å²) >= 11 is 0. The lowest BCUT2D eigenvalue weighted by atomic mass is 10.1. The first-order valence-corrected chi connectivity index (χ1v) is 6.37. The molecular formula is C14H20FNO4. The van der Waals surface area contributed by atoms with Gasteiger partial charge in [0, 0.05) is 32.0 Å². The van der Waals surface area contributed by atoms with Crippen molar-refractivity contribution in [1.82, 2.24) is 0 Å². The van der Waals surface area contributed by atoms with Crippen molar-refractivity contribution in [1.29, 1.82) is 0 Å². The highest BCUT2D eigenvalue weighted by atomic mass is 19.1. The molecule has 5 nitrogen and oxygen atoms in total. The fourth-order valence-corrected chi connectivity index (χ4v) is 1.59. The third kappa shape index (κ3) is 5.54. The molecule has 0 bridgehead atoms. The Balaban J connectivity index is 2.44. The number of halogens is 1. The van der Waals surface area contributed by atoms with E-state index in [1.165, 1.54) is 18.2 Å². The van der Waals surface area contributed by atoms with Crippen LogP contribution in [-0.2, 0) is 9.47 Å². The Morgan fingerprint density at radius 2 is 2.05 bits per heavy atom. The quantitative estimate of drug-likeness (QED) is 0.328. The van der Waals surface area contributed by atoms with E-state index < -0.39 is 5.82 Å². The molecule has 0 saturated heterocycles. The minimum absolute atomic E-state index is 0.294. The number of methoxy groups -OCH3 is 1. The van der Waals surface area contributed by atoms with Crippen LogP contribution in [0.15, 0.2) is 23.4 Å². The van der Waals surface area contributed by atoms with E-state index >= 15 is 0 Å². The van der Waals surface area contributed by atoms with E-state index in [0.29, 0.717) is 43.5 Å². The molecule has 1 N–H and O–H groups in total. The highest BCUT2D eigenvalue weighted by Gasteiger charge is 2.09. The summed E-state index contributed by atoms with van der Waals surface area (Å²) in [6, 6.07) is 4.06. The van der Waals surface area contributed by atoms with Crippen LogP contribution in [0.25, 0.3) is 0 Å². The van der Waals surface area contributed by atoms with E-state index in [1.54, 1.807) is 14.0 Å². The number of hydrogen-bond donors (Lipinski definition) is 1. The molecule has 112 valence electrons. The van der Waals surface area contributed by atoms with E-state index in [1.807, 2.05) is 0 Å². The lowest BCUT2D eigenvalue weighted by Crippen LogP contribution is -2.10. The van der Waals surface area contributed by atoms with E-state index in [0.717, 1.165) is 6.42 Å². The van der Waals surface area contributed by atoms with Gasteiger partial charge in [-0.3, -0.25) is 0 Å². The molecule has 0 unspecified atom stereocenters. The van der Waals surface area contributed by atoms with Crippen molar-refractivity contribution < 1.29 is 23.8 Å². The average Bonchev–Trinajstić information content (AvgIpc) is 2.45. The van der Waals surface area contributed by atoms with Crippen LogP contribution >= 0.6 is 0 Å². The lowest BCUT2D eigenvalue weighted by molar-refractivity contribution is 0.0805. The van der Waals surface area contributed by atoms with Crippen LogP contribution in [0.1, 0.15) is 18.9 Å². The maximum Gasteiger partial charge on any atom is 0.131 e. The molecule has 0 atom stereocenters. The minimum Gasteiger partial charge on any atom is -0.490 e. The Bertz CT molecular complexity index is 437. The van der Waals surface area contributed by atoms with Gasteiger partial charge < -0.3 is 19.4 Å². The molecule has 0 aromatic heterocycles.